The van der Waals surface area contributed by atoms with Crippen molar-refractivity contribution in [2.45, 2.75) is 31.8 Å². The minimum atomic E-state index is -2.74. The number of anilines is 1. The van der Waals surface area contributed by atoms with Gasteiger partial charge in [0.05, 0.1) is 12.8 Å². The van der Waals surface area contributed by atoms with Gasteiger partial charge in [0, 0.05) is 25.6 Å². The highest BCUT2D eigenvalue weighted by Gasteiger charge is 2.40. The van der Waals surface area contributed by atoms with E-state index in [0.29, 0.717) is 5.69 Å². The summed E-state index contributed by atoms with van der Waals surface area (Å²) >= 11 is 0. The number of carboxylic acids is 3. The molecule has 0 bridgehead atoms. The van der Waals surface area contributed by atoms with Gasteiger partial charge in [-0.2, -0.15) is 0 Å². The summed E-state index contributed by atoms with van der Waals surface area (Å²) in [6.45, 7) is 3.09. The molecular weight excluding hydrogens is 560 g/mol. The average Bonchev–Trinajstić information content (AvgIpc) is 2.91. The molecule has 43 heavy (non-hydrogen) atoms. The number of hydrogen-bond donors (Lipinski definition) is 6. The van der Waals surface area contributed by atoms with Gasteiger partial charge in [-0.05, 0) is 55.6 Å². The molecule has 0 spiro atoms. The Hall–Kier alpha value is -4.94. The summed E-state index contributed by atoms with van der Waals surface area (Å²) in [5.74, 6) is -3.95. The number of nitrogens with zero attached hydrogens (tertiary/aromatic N) is 1. The molecular formula is C31H38N2O10. The lowest BCUT2D eigenvalue weighted by molar-refractivity contribution is -0.170. The Morgan fingerprint density at radius 2 is 1.35 bits per heavy atom. The minimum Gasteiger partial charge on any atom is -0.508 e. The van der Waals surface area contributed by atoms with Crippen LogP contribution in [0.5, 0.6) is 11.5 Å². The van der Waals surface area contributed by atoms with Crippen LogP contribution in [0.1, 0.15) is 30.9 Å². The van der Waals surface area contributed by atoms with Crippen LogP contribution in [0.2, 0.25) is 0 Å². The molecule has 0 aliphatic rings. The zero-order chi connectivity index (χ0) is 32.4. The van der Waals surface area contributed by atoms with E-state index < -0.39 is 36.4 Å². The molecule has 232 valence electrons. The highest BCUT2D eigenvalue weighted by Crippen LogP contribution is 2.21. The molecule has 3 aromatic carbocycles. The van der Waals surface area contributed by atoms with Gasteiger partial charge < -0.3 is 40.5 Å². The van der Waals surface area contributed by atoms with Crippen LogP contribution in [0.3, 0.4) is 0 Å². The topological polar surface area (TPSA) is 194 Å². The van der Waals surface area contributed by atoms with Crippen molar-refractivity contribution in [1.29, 1.82) is 0 Å². The molecule has 0 heterocycles. The van der Waals surface area contributed by atoms with Gasteiger partial charge in [0.2, 0.25) is 5.91 Å². The minimum absolute atomic E-state index is 0.115. The maximum Gasteiger partial charge on any atom is 0.336 e. The van der Waals surface area contributed by atoms with E-state index in [1.54, 1.807) is 12.1 Å². The number of rotatable bonds is 12. The first-order valence-corrected chi connectivity index (χ1v) is 13.1. The molecule has 12 nitrogen and oxygen atoms in total. The summed E-state index contributed by atoms with van der Waals surface area (Å²) in [5, 5.41) is 45.3. The predicted octanol–water partition coefficient (Wildman–Crippen LogP) is 3.32. The number of aromatic hydroxyl groups is 1. The van der Waals surface area contributed by atoms with E-state index in [1.165, 1.54) is 30.2 Å². The monoisotopic (exact) mass is 598 g/mol. The fourth-order valence-corrected chi connectivity index (χ4v) is 3.41. The second kappa shape index (κ2) is 18.5. The van der Waals surface area contributed by atoms with Crippen LogP contribution in [0.4, 0.5) is 5.69 Å². The summed E-state index contributed by atoms with van der Waals surface area (Å²) in [4.78, 5) is 43.1. The first kappa shape index (κ1) is 36.1. The fourth-order valence-electron chi connectivity index (χ4n) is 3.41. The summed E-state index contributed by atoms with van der Waals surface area (Å²) < 4.78 is 5.88. The van der Waals surface area contributed by atoms with Gasteiger partial charge in [-0.1, -0.05) is 48.5 Å². The van der Waals surface area contributed by atoms with Crippen molar-refractivity contribution in [1.82, 2.24) is 4.90 Å². The molecule has 0 radical (unpaired) electrons. The Morgan fingerprint density at radius 3 is 1.84 bits per heavy atom. The summed E-state index contributed by atoms with van der Waals surface area (Å²) in [5.41, 5.74) is 0.506. The van der Waals surface area contributed by atoms with Crippen molar-refractivity contribution in [3.63, 3.8) is 0 Å². The van der Waals surface area contributed by atoms with Crippen LogP contribution in [0, 0.1) is 0 Å². The SMILES string of the molecule is CC(=O)Nc1ccc(O)cc1.CN(C)CCOc1ccccc1Cc1ccccc1.O=C(O)CC(O)(CC(=O)O)C(=O)O. The molecule has 0 atom stereocenters. The lowest BCUT2D eigenvalue weighted by atomic mass is 9.96. The van der Waals surface area contributed by atoms with Crippen molar-refractivity contribution >= 4 is 29.5 Å². The predicted molar refractivity (Wildman–Crippen MR) is 159 cm³/mol. The number of carbonyl (C=O) groups excluding carboxylic acids is 1. The number of nitrogens with one attached hydrogen (secondary N) is 1. The Morgan fingerprint density at radius 1 is 0.814 bits per heavy atom. The van der Waals surface area contributed by atoms with Gasteiger partial charge in [0.1, 0.15) is 18.1 Å². The molecule has 0 unspecified atom stereocenters. The molecule has 0 aliphatic carbocycles. The van der Waals surface area contributed by atoms with Crippen LogP contribution in [0.15, 0.2) is 78.9 Å². The van der Waals surface area contributed by atoms with Crippen molar-refractivity contribution in [3.8, 4) is 11.5 Å². The number of phenolic OH excluding ortho intramolecular Hbond substituents is 1. The van der Waals surface area contributed by atoms with Gasteiger partial charge in [0.25, 0.3) is 0 Å². The summed E-state index contributed by atoms with van der Waals surface area (Å²) in [6, 6.07) is 25.1. The van der Waals surface area contributed by atoms with E-state index >= 15 is 0 Å². The van der Waals surface area contributed by atoms with E-state index in [2.05, 4.69) is 60.7 Å². The Bertz CT molecular complexity index is 1300. The molecule has 0 saturated carbocycles. The quantitative estimate of drug-likeness (QED) is 0.167. The van der Waals surface area contributed by atoms with Crippen molar-refractivity contribution < 1.29 is 49.4 Å². The van der Waals surface area contributed by atoms with Crippen molar-refractivity contribution in [3.05, 3.63) is 90.0 Å². The average molecular weight is 599 g/mol. The number of likely N-dealkylation sites (N-methyl/N-ethyl adjacent to an activating group) is 1. The van der Waals surface area contributed by atoms with Crippen LogP contribution in [0.25, 0.3) is 0 Å². The normalized spacial score (nSPS) is 10.3. The lowest BCUT2D eigenvalue weighted by Crippen LogP contribution is -2.42. The number of carboxylic acid groups (broad SMARTS) is 3. The number of para-hydroxylation sites is 1. The number of aliphatic hydroxyl groups is 1. The molecule has 12 heteroatoms. The number of aliphatic carboxylic acids is 3. The van der Waals surface area contributed by atoms with Crippen LogP contribution in [-0.4, -0.2) is 87.1 Å². The molecule has 3 aromatic rings. The molecule has 0 saturated heterocycles. The van der Waals surface area contributed by atoms with Gasteiger partial charge in [-0.25, -0.2) is 4.79 Å². The van der Waals surface area contributed by atoms with Gasteiger partial charge in [0.15, 0.2) is 5.60 Å². The smallest absolute Gasteiger partial charge is 0.336 e. The first-order chi connectivity index (χ1) is 20.2. The number of ether oxygens (including phenoxy) is 1. The zero-order valence-electron chi connectivity index (χ0n) is 24.3. The fraction of sp³-hybridized carbons (Fsp3) is 0.290. The van der Waals surface area contributed by atoms with Crippen LogP contribution < -0.4 is 10.1 Å². The maximum absolute atomic E-state index is 10.5. The molecule has 0 aliphatic heterocycles. The highest BCUT2D eigenvalue weighted by atomic mass is 16.5. The van der Waals surface area contributed by atoms with E-state index in [-0.39, 0.29) is 11.7 Å². The maximum atomic E-state index is 10.5. The number of carbonyl (C=O) groups is 4. The first-order valence-electron chi connectivity index (χ1n) is 13.1. The summed E-state index contributed by atoms with van der Waals surface area (Å²) in [6.07, 6.45) is -1.37. The third-order valence-corrected chi connectivity index (χ3v) is 5.48. The van der Waals surface area contributed by atoms with Crippen LogP contribution in [-0.2, 0) is 25.6 Å². The number of phenols is 1. The molecule has 6 N–H and O–H groups in total. The van der Waals surface area contributed by atoms with Gasteiger partial charge in [-0.3, -0.25) is 14.4 Å². The van der Waals surface area contributed by atoms with Crippen LogP contribution >= 0.6 is 0 Å². The zero-order valence-corrected chi connectivity index (χ0v) is 24.3. The molecule has 0 aromatic heterocycles. The summed E-state index contributed by atoms with van der Waals surface area (Å²) in [7, 11) is 4.11. The molecule has 1 amide bonds. The van der Waals surface area contributed by atoms with E-state index in [4.69, 9.17) is 30.3 Å². The number of benzene rings is 3. The number of hydrogen-bond acceptors (Lipinski definition) is 8. The lowest BCUT2D eigenvalue weighted by Gasteiger charge is -2.18. The van der Waals surface area contributed by atoms with E-state index in [9.17, 15) is 19.2 Å². The second-order valence-electron chi connectivity index (χ2n) is 9.63. The van der Waals surface area contributed by atoms with Gasteiger partial charge in [-0.15, -0.1) is 0 Å². The van der Waals surface area contributed by atoms with E-state index in [1.807, 2.05) is 18.2 Å². The van der Waals surface area contributed by atoms with E-state index in [0.717, 1.165) is 25.3 Å². The third-order valence-electron chi connectivity index (χ3n) is 5.48. The molecule has 0 fully saturated rings. The van der Waals surface area contributed by atoms with Crippen molar-refractivity contribution in [2.24, 2.45) is 0 Å². The largest absolute Gasteiger partial charge is 0.508 e. The Kier molecular flexibility index (Phi) is 15.5. The Balaban J connectivity index is 0.000000339. The van der Waals surface area contributed by atoms with Crippen molar-refractivity contribution in [2.75, 3.05) is 32.6 Å². The third kappa shape index (κ3) is 15.6. The Labute approximate surface area is 249 Å². The number of amides is 1. The standard InChI is InChI=1S/C17H21NO.C8H9NO2.C6H8O7/c1-18(2)12-13-19-17-11-7-6-10-16(17)14-15-8-4-3-5-9-15;1-6(10)9-7-2-4-8(11)5-3-7;7-3(8)1-6(13,5(11)12)2-4(9)10/h3-11H,12-14H2,1-2H3;2-5,11H,1H3,(H,9,10);13H,1-2H2,(H,7,8)(H,9,10)(H,11,12). The van der Waals surface area contributed by atoms with Gasteiger partial charge >= 0.3 is 17.9 Å². The molecule has 3 rings (SSSR count). The second-order valence-corrected chi connectivity index (χ2v) is 9.63. The highest BCUT2D eigenvalue weighted by molar-refractivity contribution is 5.89.